The van der Waals surface area contributed by atoms with E-state index >= 15 is 0 Å². The standard InChI is InChI=1S/C35H28FNOS/c36-31-20-16-29(17-21-31)34(30-18-22-32(23-19-30)39-25-27-12-6-2-7-13-27)37-35(38)33(28-14-8-3-9-15-28)24-26-10-4-1-5-11-26/h1-24,34H,25H2,(H,37,38)/b33-24+. The number of amides is 1. The zero-order valence-electron chi connectivity index (χ0n) is 21.3. The molecule has 0 heterocycles. The van der Waals surface area contributed by atoms with Crippen LogP contribution in [0.4, 0.5) is 4.39 Å². The van der Waals surface area contributed by atoms with Crippen molar-refractivity contribution in [3.05, 3.63) is 173 Å². The third-order valence-electron chi connectivity index (χ3n) is 6.38. The van der Waals surface area contributed by atoms with E-state index in [0.29, 0.717) is 5.57 Å². The zero-order valence-corrected chi connectivity index (χ0v) is 22.2. The van der Waals surface area contributed by atoms with Gasteiger partial charge in [-0.3, -0.25) is 4.79 Å². The molecule has 0 aliphatic heterocycles. The lowest BCUT2D eigenvalue weighted by Gasteiger charge is -2.21. The van der Waals surface area contributed by atoms with Gasteiger partial charge < -0.3 is 5.32 Å². The summed E-state index contributed by atoms with van der Waals surface area (Å²) in [4.78, 5) is 15.0. The van der Waals surface area contributed by atoms with E-state index in [4.69, 9.17) is 0 Å². The molecule has 1 unspecified atom stereocenters. The van der Waals surface area contributed by atoms with Gasteiger partial charge in [0.15, 0.2) is 0 Å². The Balaban J connectivity index is 1.43. The molecule has 5 aromatic carbocycles. The summed E-state index contributed by atoms with van der Waals surface area (Å²) in [6, 6.07) is 43.8. The van der Waals surface area contributed by atoms with Gasteiger partial charge in [-0.1, -0.05) is 115 Å². The van der Waals surface area contributed by atoms with Gasteiger partial charge in [-0.25, -0.2) is 4.39 Å². The van der Waals surface area contributed by atoms with Crippen molar-refractivity contribution >= 4 is 29.3 Å². The number of halogens is 1. The highest BCUT2D eigenvalue weighted by Crippen LogP contribution is 2.29. The molecule has 0 fully saturated rings. The Morgan fingerprint density at radius 3 is 1.85 bits per heavy atom. The second-order valence-electron chi connectivity index (χ2n) is 9.14. The molecule has 5 aromatic rings. The van der Waals surface area contributed by atoms with Crippen molar-refractivity contribution in [1.29, 1.82) is 0 Å². The maximum atomic E-state index is 13.8. The molecule has 1 N–H and O–H groups in total. The fourth-order valence-electron chi connectivity index (χ4n) is 4.33. The summed E-state index contributed by atoms with van der Waals surface area (Å²) in [5.41, 5.74) is 5.31. The molecule has 0 saturated heterocycles. The number of thioether (sulfide) groups is 1. The molecule has 0 spiro atoms. The molecule has 192 valence electrons. The Morgan fingerprint density at radius 2 is 1.23 bits per heavy atom. The van der Waals surface area contributed by atoms with Crippen LogP contribution in [0.5, 0.6) is 0 Å². The number of carbonyl (C=O) groups is 1. The van der Waals surface area contributed by atoms with Crippen molar-refractivity contribution in [2.45, 2.75) is 16.7 Å². The van der Waals surface area contributed by atoms with E-state index < -0.39 is 6.04 Å². The summed E-state index contributed by atoms with van der Waals surface area (Å²) in [5, 5.41) is 3.23. The third kappa shape index (κ3) is 7.13. The van der Waals surface area contributed by atoms with Gasteiger partial charge in [0.2, 0.25) is 0 Å². The quantitative estimate of drug-likeness (QED) is 0.118. The predicted molar refractivity (Wildman–Crippen MR) is 160 cm³/mol. The van der Waals surface area contributed by atoms with Crippen LogP contribution in [0.25, 0.3) is 11.6 Å². The average Bonchev–Trinajstić information content (AvgIpc) is 3.00. The lowest BCUT2D eigenvalue weighted by molar-refractivity contribution is -0.116. The van der Waals surface area contributed by atoms with Crippen molar-refractivity contribution in [1.82, 2.24) is 5.32 Å². The smallest absolute Gasteiger partial charge is 0.252 e. The van der Waals surface area contributed by atoms with E-state index in [-0.39, 0.29) is 11.7 Å². The molecule has 4 heteroatoms. The van der Waals surface area contributed by atoms with Crippen molar-refractivity contribution in [3.8, 4) is 0 Å². The lowest BCUT2D eigenvalue weighted by Crippen LogP contribution is -2.30. The predicted octanol–water partition coefficient (Wildman–Crippen LogP) is 8.56. The first kappa shape index (κ1) is 26.2. The Bertz CT molecular complexity index is 1520. The molecule has 39 heavy (non-hydrogen) atoms. The number of hydrogen-bond acceptors (Lipinski definition) is 2. The van der Waals surface area contributed by atoms with E-state index in [1.165, 1.54) is 17.7 Å². The van der Waals surface area contributed by atoms with E-state index in [9.17, 15) is 9.18 Å². The molecule has 5 rings (SSSR count). The van der Waals surface area contributed by atoms with Crippen LogP contribution in [0.3, 0.4) is 0 Å². The first-order valence-corrected chi connectivity index (χ1v) is 13.8. The highest BCUT2D eigenvalue weighted by Gasteiger charge is 2.21. The summed E-state index contributed by atoms with van der Waals surface area (Å²) in [6.07, 6.45) is 1.90. The second kappa shape index (κ2) is 12.9. The SMILES string of the molecule is O=C(NC(c1ccc(F)cc1)c1ccc(SCc2ccccc2)cc1)/C(=C/c1ccccc1)c1ccccc1. The number of hydrogen-bond donors (Lipinski definition) is 1. The van der Waals surface area contributed by atoms with Crippen LogP contribution in [-0.4, -0.2) is 5.91 Å². The summed E-state index contributed by atoms with van der Waals surface area (Å²) in [5.74, 6) is 0.357. The van der Waals surface area contributed by atoms with Crippen LogP contribution < -0.4 is 5.32 Å². The highest BCUT2D eigenvalue weighted by molar-refractivity contribution is 7.98. The van der Waals surface area contributed by atoms with E-state index in [2.05, 4.69) is 29.6 Å². The maximum absolute atomic E-state index is 13.8. The molecule has 1 atom stereocenters. The molecule has 0 bridgehead atoms. The minimum absolute atomic E-state index is 0.207. The minimum atomic E-state index is -0.450. The summed E-state index contributed by atoms with van der Waals surface area (Å²) in [6.45, 7) is 0. The molecule has 0 aromatic heterocycles. The number of nitrogens with one attached hydrogen (secondary N) is 1. The Hall–Kier alpha value is -4.41. The van der Waals surface area contributed by atoms with Gasteiger partial charge in [0.05, 0.1) is 6.04 Å². The third-order valence-corrected chi connectivity index (χ3v) is 7.46. The van der Waals surface area contributed by atoms with Gasteiger partial charge in [0.25, 0.3) is 5.91 Å². The van der Waals surface area contributed by atoms with E-state index in [1.807, 2.05) is 97.1 Å². The number of rotatable bonds is 9. The molecular formula is C35H28FNOS. The van der Waals surface area contributed by atoms with Gasteiger partial charge >= 0.3 is 0 Å². The van der Waals surface area contributed by atoms with Crippen LogP contribution in [0.2, 0.25) is 0 Å². The van der Waals surface area contributed by atoms with Gasteiger partial charge in [-0.2, -0.15) is 0 Å². The van der Waals surface area contributed by atoms with Crippen LogP contribution >= 0.6 is 11.8 Å². The fourth-order valence-corrected chi connectivity index (χ4v) is 5.19. The summed E-state index contributed by atoms with van der Waals surface area (Å²) in [7, 11) is 0. The first-order chi connectivity index (χ1) is 19.2. The average molecular weight is 530 g/mol. The normalized spacial score (nSPS) is 12.1. The Labute approximate surface area is 233 Å². The number of carbonyl (C=O) groups excluding carboxylic acids is 1. The molecule has 1 amide bonds. The lowest BCUT2D eigenvalue weighted by atomic mass is 9.96. The van der Waals surface area contributed by atoms with Crippen molar-refractivity contribution in [2.75, 3.05) is 0 Å². The largest absolute Gasteiger partial charge is 0.341 e. The summed E-state index contributed by atoms with van der Waals surface area (Å²) < 4.78 is 13.8. The topological polar surface area (TPSA) is 29.1 Å². The van der Waals surface area contributed by atoms with Crippen molar-refractivity contribution < 1.29 is 9.18 Å². The molecule has 0 aliphatic carbocycles. The molecular weight excluding hydrogens is 501 g/mol. The van der Waals surface area contributed by atoms with E-state index in [1.54, 1.807) is 23.9 Å². The van der Waals surface area contributed by atoms with Crippen molar-refractivity contribution in [2.24, 2.45) is 0 Å². The van der Waals surface area contributed by atoms with Crippen LogP contribution in [0.15, 0.2) is 144 Å². The van der Waals surface area contributed by atoms with Crippen LogP contribution in [0, 0.1) is 5.82 Å². The molecule has 0 aliphatic rings. The minimum Gasteiger partial charge on any atom is -0.341 e. The molecule has 2 nitrogen and oxygen atoms in total. The van der Waals surface area contributed by atoms with Gasteiger partial charge in [-0.05, 0) is 58.2 Å². The Kier molecular flexibility index (Phi) is 8.67. The van der Waals surface area contributed by atoms with Crippen molar-refractivity contribution in [3.63, 3.8) is 0 Å². The first-order valence-electron chi connectivity index (χ1n) is 12.8. The van der Waals surface area contributed by atoms with Gasteiger partial charge in [0.1, 0.15) is 5.82 Å². The van der Waals surface area contributed by atoms with E-state index in [0.717, 1.165) is 32.9 Å². The summed E-state index contributed by atoms with van der Waals surface area (Å²) >= 11 is 1.76. The fraction of sp³-hybridized carbons (Fsp3) is 0.0571. The second-order valence-corrected chi connectivity index (χ2v) is 10.2. The maximum Gasteiger partial charge on any atom is 0.252 e. The van der Waals surface area contributed by atoms with Crippen LogP contribution in [-0.2, 0) is 10.5 Å². The highest BCUT2D eigenvalue weighted by atomic mass is 32.2. The zero-order chi connectivity index (χ0) is 26.9. The number of benzene rings is 5. The van der Waals surface area contributed by atoms with Crippen LogP contribution in [0.1, 0.15) is 33.9 Å². The molecule has 0 saturated carbocycles. The van der Waals surface area contributed by atoms with Gasteiger partial charge in [0, 0.05) is 16.2 Å². The molecule has 0 radical (unpaired) electrons. The van der Waals surface area contributed by atoms with Gasteiger partial charge in [-0.15, -0.1) is 11.8 Å². The Morgan fingerprint density at radius 1 is 0.692 bits per heavy atom. The monoisotopic (exact) mass is 529 g/mol.